The fourth-order valence-corrected chi connectivity index (χ4v) is 2.93. The second-order valence-electron chi connectivity index (χ2n) is 7.13. The van der Waals surface area contributed by atoms with E-state index in [1.165, 1.54) is 17.2 Å². The Labute approximate surface area is 172 Å². The third-order valence-corrected chi connectivity index (χ3v) is 4.25. The molecule has 0 fully saturated rings. The van der Waals surface area contributed by atoms with Crippen LogP contribution in [0, 0.1) is 11.7 Å². The van der Waals surface area contributed by atoms with E-state index in [1.807, 2.05) is 13.8 Å². The lowest BCUT2D eigenvalue weighted by Gasteiger charge is -2.21. The molecule has 0 spiro atoms. The zero-order valence-corrected chi connectivity index (χ0v) is 16.7. The summed E-state index contributed by atoms with van der Waals surface area (Å²) in [6.07, 6.45) is 5.33. The number of rotatable bonds is 9. The predicted octanol–water partition coefficient (Wildman–Crippen LogP) is 1.82. The molecular weight excluding hydrogens is 389 g/mol. The van der Waals surface area contributed by atoms with Gasteiger partial charge in [-0.2, -0.15) is 10.2 Å². The number of carbonyl (C=O) groups is 1. The standard InChI is InChI=1S/C19H24FN9O/c1-11(2)7-13(10-21)27-19-15(20)9-14(17(22)30)18(28-19)26-12-3-4-23-16(8-12)29-24-5-6-25-29/h3-6,8-9,11,13H,7,10,21H2,1-2H3,(H2,22,30)(H2,23,26,27,28). The summed E-state index contributed by atoms with van der Waals surface area (Å²) in [5.41, 5.74) is 11.7. The van der Waals surface area contributed by atoms with Gasteiger partial charge in [0.15, 0.2) is 17.5 Å². The van der Waals surface area contributed by atoms with Gasteiger partial charge < -0.3 is 22.1 Å². The highest BCUT2D eigenvalue weighted by Crippen LogP contribution is 2.25. The number of hydrogen-bond acceptors (Lipinski definition) is 8. The number of halogens is 1. The van der Waals surface area contributed by atoms with Gasteiger partial charge >= 0.3 is 0 Å². The molecule has 10 nitrogen and oxygen atoms in total. The largest absolute Gasteiger partial charge is 0.365 e. The third kappa shape index (κ3) is 5.06. The van der Waals surface area contributed by atoms with Crippen LogP contribution in [-0.2, 0) is 0 Å². The predicted molar refractivity (Wildman–Crippen MR) is 111 cm³/mol. The lowest BCUT2D eigenvalue weighted by Crippen LogP contribution is -2.31. The molecule has 0 aliphatic rings. The Morgan fingerprint density at radius 2 is 1.93 bits per heavy atom. The quantitative estimate of drug-likeness (QED) is 0.415. The molecule has 1 atom stereocenters. The molecule has 158 valence electrons. The average Bonchev–Trinajstić information content (AvgIpc) is 3.24. The molecule has 30 heavy (non-hydrogen) atoms. The summed E-state index contributed by atoms with van der Waals surface area (Å²) in [6, 6.07) is 4.21. The first-order valence-electron chi connectivity index (χ1n) is 9.44. The third-order valence-electron chi connectivity index (χ3n) is 4.25. The molecule has 0 bridgehead atoms. The number of anilines is 3. The van der Waals surface area contributed by atoms with Crippen molar-refractivity contribution in [3.63, 3.8) is 0 Å². The van der Waals surface area contributed by atoms with Crippen LogP contribution in [0.25, 0.3) is 5.82 Å². The summed E-state index contributed by atoms with van der Waals surface area (Å²) in [5, 5.41) is 14.1. The Morgan fingerprint density at radius 1 is 1.20 bits per heavy atom. The normalized spacial score (nSPS) is 12.0. The van der Waals surface area contributed by atoms with Gasteiger partial charge in [0, 0.05) is 30.5 Å². The van der Waals surface area contributed by atoms with Gasteiger partial charge in [-0.25, -0.2) is 14.4 Å². The minimum atomic E-state index is -0.809. The number of nitrogens with zero attached hydrogens (tertiary/aromatic N) is 5. The van der Waals surface area contributed by atoms with Crippen molar-refractivity contribution >= 4 is 23.2 Å². The lowest BCUT2D eigenvalue weighted by atomic mass is 10.0. The van der Waals surface area contributed by atoms with Gasteiger partial charge in [-0.1, -0.05) is 13.8 Å². The molecule has 11 heteroatoms. The van der Waals surface area contributed by atoms with Gasteiger partial charge in [0.05, 0.1) is 18.0 Å². The Kier molecular flexibility index (Phi) is 6.52. The van der Waals surface area contributed by atoms with Gasteiger partial charge in [-0.05, 0) is 24.5 Å². The number of nitrogens with two attached hydrogens (primary N) is 2. The summed E-state index contributed by atoms with van der Waals surface area (Å²) >= 11 is 0. The van der Waals surface area contributed by atoms with E-state index < -0.39 is 11.7 Å². The van der Waals surface area contributed by atoms with Gasteiger partial charge in [0.1, 0.15) is 5.82 Å². The Hall–Kier alpha value is -3.60. The summed E-state index contributed by atoms with van der Waals surface area (Å²) in [6.45, 7) is 4.41. The van der Waals surface area contributed by atoms with E-state index in [1.54, 1.807) is 18.3 Å². The molecule has 1 unspecified atom stereocenters. The molecule has 0 saturated heterocycles. The zero-order valence-electron chi connectivity index (χ0n) is 16.7. The maximum Gasteiger partial charge on any atom is 0.252 e. The maximum atomic E-state index is 14.6. The molecule has 3 rings (SSSR count). The van der Waals surface area contributed by atoms with Crippen LogP contribution in [0.4, 0.5) is 21.7 Å². The summed E-state index contributed by atoms with van der Waals surface area (Å²) in [5.74, 6) is -0.586. The van der Waals surface area contributed by atoms with Crippen LogP contribution in [0.3, 0.4) is 0 Å². The number of aromatic nitrogens is 5. The first-order valence-corrected chi connectivity index (χ1v) is 9.44. The molecule has 3 aromatic heterocycles. The van der Waals surface area contributed by atoms with Crippen LogP contribution >= 0.6 is 0 Å². The van der Waals surface area contributed by atoms with Crippen LogP contribution in [0.1, 0.15) is 30.6 Å². The summed E-state index contributed by atoms with van der Waals surface area (Å²) in [7, 11) is 0. The molecular formula is C19H24FN9O. The van der Waals surface area contributed by atoms with Crippen molar-refractivity contribution in [2.75, 3.05) is 17.2 Å². The molecule has 3 aromatic rings. The van der Waals surface area contributed by atoms with E-state index in [9.17, 15) is 9.18 Å². The first kappa shape index (κ1) is 21.1. The summed E-state index contributed by atoms with van der Waals surface area (Å²) < 4.78 is 14.6. The molecule has 0 aromatic carbocycles. The highest BCUT2D eigenvalue weighted by Gasteiger charge is 2.19. The van der Waals surface area contributed by atoms with E-state index in [4.69, 9.17) is 11.5 Å². The number of hydrogen-bond donors (Lipinski definition) is 4. The molecule has 0 radical (unpaired) electrons. The van der Waals surface area contributed by atoms with Crippen LogP contribution in [0.2, 0.25) is 0 Å². The van der Waals surface area contributed by atoms with E-state index in [0.717, 1.165) is 12.5 Å². The molecule has 0 aliphatic carbocycles. The Bertz CT molecular complexity index is 1010. The average molecular weight is 413 g/mol. The molecule has 0 saturated carbocycles. The SMILES string of the molecule is CC(C)CC(CN)Nc1nc(Nc2ccnc(-n3nccn3)c2)c(C(N)=O)cc1F. The molecule has 0 aliphatic heterocycles. The van der Waals surface area contributed by atoms with E-state index >= 15 is 0 Å². The van der Waals surface area contributed by atoms with E-state index in [0.29, 0.717) is 24.0 Å². The van der Waals surface area contributed by atoms with Crippen molar-refractivity contribution < 1.29 is 9.18 Å². The number of carbonyl (C=O) groups excluding carboxylic acids is 1. The fourth-order valence-electron chi connectivity index (χ4n) is 2.93. The Morgan fingerprint density at radius 3 is 2.57 bits per heavy atom. The van der Waals surface area contributed by atoms with Crippen LogP contribution in [-0.4, -0.2) is 43.5 Å². The highest BCUT2D eigenvalue weighted by molar-refractivity contribution is 5.98. The van der Waals surface area contributed by atoms with Crippen molar-refractivity contribution in [2.45, 2.75) is 26.3 Å². The minimum absolute atomic E-state index is 0.0124. The Balaban J connectivity index is 1.93. The van der Waals surface area contributed by atoms with Gasteiger partial charge in [-0.3, -0.25) is 4.79 Å². The van der Waals surface area contributed by atoms with Crippen molar-refractivity contribution in [3.8, 4) is 5.82 Å². The maximum absolute atomic E-state index is 14.6. The van der Waals surface area contributed by atoms with Crippen molar-refractivity contribution in [1.82, 2.24) is 25.0 Å². The molecule has 1 amide bonds. The second-order valence-corrected chi connectivity index (χ2v) is 7.13. The number of primary amides is 1. The number of pyridine rings is 2. The monoisotopic (exact) mass is 413 g/mol. The van der Waals surface area contributed by atoms with Crippen LogP contribution in [0.5, 0.6) is 0 Å². The second kappa shape index (κ2) is 9.27. The van der Waals surface area contributed by atoms with Crippen molar-refractivity contribution in [2.24, 2.45) is 17.4 Å². The molecule has 6 N–H and O–H groups in total. The molecule has 3 heterocycles. The van der Waals surface area contributed by atoms with Crippen molar-refractivity contribution in [3.05, 3.63) is 48.2 Å². The first-order chi connectivity index (χ1) is 14.4. The lowest BCUT2D eigenvalue weighted by molar-refractivity contribution is 0.100. The van der Waals surface area contributed by atoms with Gasteiger partial charge in [-0.15, -0.1) is 4.80 Å². The highest BCUT2D eigenvalue weighted by atomic mass is 19.1. The van der Waals surface area contributed by atoms with Gasteiger partial charge in [0.25, 0.3) is 5.91 Å². The minimum Gasteiger partial charge on any atom is -0.365 e. The van der Waals surface area contributed by atoms with E-state index in [2.05, 4.69) is 30.8 Å². The van der Waals surface area contributed by atoms with Crippen LogP contribution in [0.15, 0.2) is 36.8 Å². The zero-order chi connectivity index (χ0) is 21.7. The smallest absolute Gasteiger partial charge is 0.252 e. The van der Waals surface area contributed by atoms with Gasteiger partial charge in [0.2, 0.25) is 0 Å². The van der Waals surface area contributed by atoms with Crippen molar-refractivity contribution in [1.29, 1.82) is 0 Å². The fraction of sp³-hybridized carbons (Fsp3) is 0.316. The number of nitrogens with one attached hydrogen (secondary N) is 2. The topological polar surface area (TPSA) is 150 Å². The van der Waals surface area contributed by atoms with Crippen LogP contribution < -0.4 is 22.1 Å². The number of amides is 1. The summed E-state index contributed by atoms with van der Waals surface area (Å²) in [4.78, 5) is 21.6. The van der Waals surface area contributed by atoms with E-state index in [-0.39, 0.29) is 23.2 Å².